The van der Waals surface area contributed by atoms with Gasteiger partial charge in [0.2, 0.25) is 0 Å². The maximum absolute atomic E-state index is 13.6. The third kappa shape index (κ3) is 2.81. The molecule has 0 radical (unpaired) electrons. The predicted octanol–water partition coefficient (Wildman–Crippen LogP) is 5.91. The lowest BCUT2D eigenvalue weighted by Crippen LogP contribution is -2.47. The molecule has 25 heavy (non-hydrogen) atoms. The first kappa shape index (κ1) is 16.8. The van der Waals surface area contributed by atoms with E-state index in [2.05, 4.69) is 10.2 Å². The Morgan fingerprint density at radius 1 is 0.920 bits per heavy atom. The Kier molecular flexibility index (Phi) is 4.20. The van der Waals surface area contributed by atoms with Crippen molar-refractivity contribution >= 4 is 11.4 Å². The van der Waals surface area contributed by atoms with Gasteiger partial charge in [-0.2, -0.15) is 23.4 Å². The number of nitrogens with zero attached hydrogens (tertiary/aromatic N) is 2. The standard InChI is InChI=1S/C20H23F3N2/c21-20(22,23)16-10-6-5-9-15(16)19(12-7-13-19)18-14-8-3-1-2-4-11-17(14)24-25-18/h5-6,9-10,14H,1-4,7-8,11-13H2. The van der Waals surface area contributed by atoms with Crippen LogP contribution in [0.3, 0.4) is 0 Å². The van der Waals surface area contributed by atoms with Crippen LogP contribution in [0.4, 0.5) is 13.2 Å². The minimum Gasteiger partial charge on any atom is -0.166 e. The van der Waals surface area contributed by atoms with E-state index in [1.807, 2.05) is 0 Å². The first-order valence-electron chi connectivity index (χ1n) is 9.34. The smallest absolute Gasteiger partial charge is 0.166 e. The van der Waals surface area contributed by atoms with Crippen molar-refractivity contribution in [2.24, 2.45) is 16.1 Å². The molecule has 1 aromatic rings. The summed E-state index contributed by atoms with van der Waals surface area (Å²) < 4.78 is 40.8. The molecule has 1 aliphatic heterocycles. The molecule has 2 fully saturated rings. The second kappa shape index (κ2) is 6.26. The third-order valence-corrected chi connectivity index (χ3v) is 6.14. The molecule has 2 nitrogen and oxygen atoms in total. The molecule has 0 saturated heterocycles. The Hall–Kier alpha value is -1.65. The van der Waals surface area contributed by atoms with Gasteiger partial charge in [0.05, 0.1) is 11.3 Å². The van der Waals surface area contributed by atoms with Crippen LogP contribution in [0.1, 0.15) is 68.9 Å². The van der Waals surface area contributed by atoms with Gasteiger partial charge >= 0.3 is 6.18 Å². The Bertz CT molecular complexity index is 714. The fourth-order valence-electron chi connectivity index (χ4n) is 4.72. The summed E-state index contributed by atoms with van der Waals surface area (Å²) in [7, 11) is 0. The molecule has 0 N–H and O–H groups in total. The number of hydrogen-bond acceptors (Lipinski definition) is 2. The highest BCUT2D eigenvalue weighted by atomic mass is 19.4. The van der Waals surface area contributed by atoms with Crippen LogP contribution in [0.2, 0.25) is 0 Å². The zero-order chi connectivity index (χ0) is 17.5. The second-order valence-electron chi connectivity index (χ2n) is 7.56. The first-order valence-corrected chi connectivity index (χ1v) is 9.34. The van der Waals surface area contributed by atoms with Gasteiger partial charge in [0.25, 0.3) is 0 Å². The molecule has 4 rings (SSSR count). The topological polar surface area (TPSA) is 24.7 Å². The summed E-state index contributed by atoms with van der Waals surface area (Å²) in [4.78, 5) is 0. The highest BCUT2D eigenvalue weighted by Gasteiger charge is 2.51. The maximum atomic E-state index is 13.6. The lowest BCUT2D eigenvalue weighted by molar-refractivity contribution is -0.138. The number of hydrogen-bond donors (Lipinski definition) is 0. The van der Waals surface area contributed by atoms with Gasteiger partial charge in [-0.05, 0) is 43.7 Å². The molecule has 134 valence electrons. The van der Waals surface area contributed by atoms with Gasteiger partial charge in [0.1, 0.15) is 0 Å². The minimum absolute atomic E-state index is 0.155. The zero-order valence-corrected chi connectivity index (χ0v) is 14.3. The lowest BCUT2D eigenvalue weighted by atomic mass is 9.57. The Balaban J connectivity index is 1.74. The van der Waals surface area contributed by atoms with E-state index in [9.17, 15) is 13.2 Å². The number of halogens is 3. The molecule has 0 aromatic heterocycles. The fourth-order valence-corrected chi connectivity index (χ4v) is 4.72. The molecular formula is C20H23F3N2. The van der Waals surface area contributed by atoms with Crippen LogP contribution in [-0.2, 0) is 11.6 Å². The number of fused-ring (bicyclic) bond motifs is 1. The van der Waals surface area contributed by atoms with Gasteiger partial charge < -0.3 is 0 Å². The molecular weight excluding hydrogens is 325 g/mol. The molecule has 0 spiro atoms. The first-order chi connectivity index (χ1) is 12.0. The second-order valence-corrected chi connectivity index (χ2v) is 7.56. The van der Waals surface area contributed by atoms with E-state index in [1.54, 1.807) is 12.1 Å². The van der Waals surface area contributed by atoms with Crippen LogP contribution in [-0.4, -0.2) is 11.4 Å². The molecule has 1 aromatic carbocycles. The maximum Gasteiger partial charge on any atom is 0.416 e. The average molecular weight is 348 g/mol. The summed E-state index contributed by atoms with van der Waals surface area (Å²) in [6.45, 7) is 0. The summed E-state index contributed by atoms with van der Waals surface area (Å²) in [5, 5.41) is 8.92. The van der Waals surface area contributed by atoms with E-state index in [0.29, 0.717) is 5.56 Å². The molecule has 5 heteroatoms. The van der Waals surface area contributed by atoms with Crippen LogP contribution in [0, 0.1) is 5.92 Å². The molecule has 2 saturated carbocycles. The number of rotatable bonds is 2. The van der Waals surface area contributed by atoms with E-state index < -0.39 is 17.2 Å². The summed E-state index contributed by atoms with van der Waals surface area (Å²) in [5.41, 5.74) is 1.35. The molecule has 0 bridgehead atoms. The summed E-state index contributed by atoms with van der Waals surface area (Å²) in [5.74, 6) is 0.155. The average Bonchev–Trinajstić information content (AvgIpc) is 2.88. The molecule has 2 aliphatic carbocycles. The van der Waals surface area contributed by atoms with Crippen LogP contribution >= 0.6 is 0 Å². The predicted molar refractivity (Wildman–Crippen MR) is 93.0 cm³/mol. The Morgan fingerprint density at radius 2 is 1.68 bits per heavy atom. The molecule has 1 atom stereocenters. The quantitative estimate of drug-likeness (QED) is 0.635. The van der Waals surface area contributed by atoms with Crippen molar-refractivity contribution in [1.29, 1.82) is 0 Å². The van der Waals surface area contributed by atoms with Crippen molar-refractivity contribution in [1.82, 2.24) is 0 Å². The Labute approximate surface area is 146 Å². The van der Waals surface area contributed by atoms with Gasteiger partial charge in [-0.15, -0.1) is 0 Å². The fraction of sp³-hybridized carbons (Fsp3) is 0.600. The largest absolute Gasteiger partial charge is 0.416 e. The molecule has 1 heterocycles. The molecule has 3 aliphatic rings. The highest BCUT2D eigenvalue weighted by Crippen LogP contribution is 2.52. The third-order valence-electron chi connectivity index (χ3n) is 6.14. The van der Waals surface area contributed by atoms with E-state index in [1.165, 1.54) is 25.0 Å². The van der Waals surface area contributed by atoms with Crippen LogP contribution in [0.15, 0.2) is 34.5 Å². The summed E-state index contributed by atoms with van der Waals surface area (Å²) in [6.07, 6.45) is 4.67. The van der Waals surface area contributed by atoms with E-state index in [4.69, 9.17) is 0 Å². The summed E-state index contributed by atoms with van der Waals surface area (Å²) >= 11 is 0. The molecule has 0 amide bonds. The SMILES string of the molecule is FC(F)(F)c1ccccc1C1(C2=NN=C3CCCCCCC32)CCC1. The van der Waals surface area contributed by atoms with Gasteiger partial charge in [-0.25, -0.2) is 0 Å². The number of benzene rings is 1. The van der Waals surface area contributed by atoms with Gasteiger partial charge in [-0.1, -0.05) is 43.9 Å². The summed E-state index contributed by atoms with van der Waals surface area (Å²) in [6, 6.07) is 6.07. The monoisotopic (exact) mass is 348 g/mol. The van der Waals surface area contributed by atoms with E-state index >= 15 is 0 Å². The van der Waals surface area contributed by atoms with Crippen molar-refractivity contribution < 1.29 is 13.2 Å². The Morgan fingerprint density at radius 3 is 2.40 bits per heavy atom. The van der Waals surface area contributed by atoms with Crippen LogP contribution in [0.25, 0.3) is 0 Å². The van der Waals surface area contributed by atoms with Crippen LogP contribution < -0.4 is 0 Å². The van der Waals surface area contributed by atoms with Gasteiger partial charge in [-0.3, -0.25) is 0 Å². The van der Waals surface area contributed by atoms with E-state index in [-0.39, 0.29) is 5.92 Å². The van der Waals surface area contributed by atoms with Crippen molar-refractivity contribution in [2.75, 3.05) is 0 Å². The normalized spacial score (nSPS) is 26.0. The lowest BCUT2D eigenvalue weighted by Gasteiger charge is -2.45. The van der Waals surface area contributed by atoms with E-state index in [0.717, 1.165) is 56.4 Å². The van der Waals surface area contributed by atoms with Crippen molar-refractivity contribution in [2.45, 2.75) is 69.4 Å². The zero-order valence-electron chi connectivity index (χ0n) is 14.3. The van der Waals surface area contributed by atoms with Gasteiger partial charge in [0.15, 0.2) is 0 Å². The van der Waals surface area contributed by atoms with Crippen molar-refractivity contribution in [3.05, 3.63) is 35.4 Å². The molecule has 1 unspecified atom stereocenters. The van der Waals surface area contributed by atoms with Crippen molar-refractivity contribution in [3.63, 3.8) is 0 Å². The minimum atomic E-state index is -4.33. The van der Waals surface area contributed by atoms with Crippen LogP contribution in [0.5, 0.6) is 0 Å². The highest BCUT2D eigenvalue weighted by molar-refractivity contribution is 6.15. The number of alkyl halides is 3. The van der Waals surface area contributed by atoms with Crippen molar-refractivity contribution in [3.8, 4) is 0 Å². The van der Waals surface area contributed by atoms with Gasteiger partial charge in [0, 0.05) is 17.0 Å².